The van der Waals surface area contributed by atoms with Gasteiger partial charge in [0.05, 0.1) is 23.6 Å². The van der Waals surface area contributed by atoms with E-state index in [0.717, 1.165) is 25.0 Å². The molecular weight excluding hydrogens is 374 g/mol. The highest BCUT2D eigenvalue weighted by Crippen LogP contribution is 2.24. The molecule has 0 spiro atoms. The summed E-state index contributed by atoms with van der Waals surface area (Å²) in [6.07, 6.45) is 2.01. The third-order valence-corrected chi connectivity index (χ3v) is 5.86. The monoisotopic (exact) mass is 395 g/mol. The van der Waals surface area contributed by atoms with Crippen LogP contribution in [0.5, 0.6) is 0 Å². The molecule has 0 radical (unpaired) electrons. The Morgan fingerprint density at radius 2 is 2.11 bits per heavy atom. The minimum atomic E-state index is -0.453. The summed E-state index contributed by atoms with van der Waals surface area (Å²) in [7, 11) is 0. The fourth-order valence-electron chi connectivity index (χ4n) is 3.37. The molecule has 6 nitrogen and oxygen atoms in total. The van der Waals surface area contributed by atoms with Crippen molar-refractivity contribution < 1.29 is 9.53 Å². The number of ether oxygens (including phenoxy) is 1. The molecule has 7 heteroatoms. The Balaban J connectivity index is 1.67. The van der Waals surface area contributed by atoms with Crippen LogP contribution in [0.25, 0.3) is 10.9 Å². The molecular formula is C21H21N3O3S. The van der Waals surface area contributed by atoms with Crippen LogP contribution in [0.3, 0.4) is 0 Å². The van der Waals surface area contributed by atoms with Gasteiger partial charge in [-0.2, -0.15) is 0 Å². The fraction of sp³-hybridized carbons (Fsp3) is 0.286. The van der Waals surface area contributed by atoms with Crippen LogP contribution in [0.2, 0.25) is 0 Å². The van der Waals surface area contributed by atoms with Crippen LogP contribution in [0.15, 0.2) is 58.5 Å². The van der Waals surface area contributed by atoms with Crippen LogP contribution in [-0.2, 0) is 17.0 Å². The standard InChI is InChI=1S/C21H21N3O3S/c22-19(25)15-6-3-5-14(11-15)13-28-21-23-18-9-2-1-8-17(18)20(26)24(21)12-16-7-4-10-27-16/h1-3,5-6,8-9,11,16H,4,7,10,12-13H2,(H2,22,25). The number of primary amides is 1. The van der Waals surface area contributed by atoms with E-state index in [4.69, 9.17) is 15.5 Å². The second-order valence-electron chi connectivity index (χ2n) is 6.82. The molecule has 1 aromatic heterocycles. The summed E-state index contributed by atoms with van der Waals surface area (Å²) in [5.74, 6) is 0.128. The van der Waals surface area contributed by atoms with E-state index in [2.05, 4.69) is 0 Å². The van der Waals surface area contributed by atoms with Gasteiger partial charge in [0, 0.05) is 17.9 Å². The van der Waals surface area contributed by atoms with E-state index < -0.39 is 5.91 Å². The Morgan fingerprint density at radius 1 is 1.25 bits per heavy atom. The third-order valence-electron chi connectivity index (χ3n) is 4.82. The van der Waals surface area contributed by atoms with Crippen molar-refractivity contribution >= 4 is 28.6 Å². The van der Waals surface area contributed by atoms with Crippen LogP contribution in [0.1, 0.15) is 28.8 Å². The number of benzene rings is 2. The number of rotatable bonds is 6. The second-order valence-corrected chi connectivity index (χ2v) is 7.76. The van der Waals surface area contributed by atoms with Gasteiger partial charge in [0.1, 0.15) is 0 Å². The molecule has 1 saturated heterocycles. The van der Waals surface area contributed by atoms with Gasteiger partial charge in [-0.3, -0.25) is 14.2 Å². The van der Waals surface area contributed by atoms with Gasteiger partial charge < -0.3 is 10.5 Å². The summed E-state index contributed by atoms with van der Waals surface area (Å²) < 4.78 is 7.46. The lowest BCUT2D eigenvalue weighted by molar-refractivity contribution is 0.0937. The molecule has 0 bridgehead atoms. The zero-order valence-corrected chi connectivity index (χ0v) is 16.2. The quantitative estimate of drug-likeness (QED) is 0.512. The predicted molar refractivity (Wildman–Crippen MR) is 109 cm³/mol. The maximum absolute atomic E-state index is 13.1. The summed E-state index contributed by atoms with van der Waals surface area (Å²) in [5.41, 5.74) is 7.43. The number of fused-ring (bicyclic) bond motifs is 1. The molecule has 3 aromatic rings. The summed E-state index contributed by atoms with van der Waals surface area (Å²) in [5, 5.41) is 1.27. The van der Waals surface area contributed by atoms with Crippen molar-refractivity contribution in [2.75, 3.05) is 6.61 Å². The first kappa shape index (κ1) is 18.7. The highest BCUT2D eigenvalue weighted by atomic mass is 32.2. The van der Waals surface area contributed by atoms with Gasteiger partial charge in [-0.25, -0.2) is 4.98 Å². The molecule has 1 aliphatic heterocycles. The number of nitrogens with zero attached hydrogens (tertiary/aromatic N) is 2. The van der Waals surface area contributed by atoms with Crippen LogP contribution in [0, 0.1) is 0 Å². The molecule has 2 aromatic carbocycles. The Kier molecular flexibility index (Phi) is 5.45. The summed E-state index contributed by atoms with van der Waals surface area (Å²) in [4.78, 5) is 29.2. The van der Waals surface area contributed by atoms with E-state index in [0.29, 0.717) is 33.9 Å². The average molecular weight is 395 g/mol. The van der Waals surface area contributed by atoms with Crippen molar-refractivity contribution in [3.8, 4) is 0 Å². The van der Waals surface area contributed by atoms with Gasteiger partial charge in [0.15, 0.2) is 5.16 Å². The van der Waals surface area contributed by atoms with Crippen molar-refractivity contribution in [3.63, 3.8) is 0 Å². The lowest BCUT2D eigenvalue weighted by Gasteiger charge is -2.16. The highest BCUT2D eigenvalue weighted by molar-refractivity contribution is 7.98. The number of thioether (sulfide) groups is 1. The smallest absolute Gasteiger partial charge is 0.262 e. The van der Waals surface area contributed by atoms with Crippen molar-refractivity contribution in [2.24, 2.45) is 5.73 Å². The van der Waals surface area contributed by atoms with Gasteiger partial charge in [0.2, 0.25) is 5.91 Å². The van der Waals surface area contributed by atoms with E-state index in [1.54, 1.807) is 22.8 Å². The molecule has 2 N–H and O–H groups in total. The first-order chi connectivity index (χ1) is 13.6. The van der Waals surface area contributed by atoms with Crippen molar-refractivity contribution in [2.45, 2.75) is 36.4 Å². The first-order valence-electron chi connectivity index (χ1n) is 9.24. The first-order valence-corrected chi connectivity index (χ1v) is 10.2. The lowest BCUT2D eigenvalue weighted by atomic mass is 10.1. The number of amides is 1. The predicted octanol–water partition coefficient (Wildman–Crippen LogP) is 2.97. The average Bonchev–Trinajstić information content (AvgIpc) is 3.22. The Bertz CT molecular complexity index is 1070. The minimum Gasteiger partial charge on any atom is -0.376 e. The SMILES string of the molecule is NC(=O)c1cccc(CSc2nc3ccccc3c(=O)n2CC2CCCO2)c1. The van der Waals surface area contributed by atoms with Crippen LogP contribution < -0.4 is 11.3 Å². The molecule has 144 valence electrons. The van der Waals surface area contributed by atoms with Gasteiger partial charge in [-0.15, -0.1) is 0 Å². The number of carbonyl (C=O) groups is 1. The molecule has 28 heavy (non-hydrogen) atoms. The molecule has 1 unspecified atom stereocenters. The number of hydrogen-bond acceptors (Lipinski definition) is 5. The Labute approximate surface area is 166 Å². The minimum absolute atomic E-state index is 0.0400. The molecule has 0 saturated carbocycles. The maximum Gasteiger partial charge on any atom is 0.262 e. The Morgan fingerprint density at radius 3 is 2.89 bits per heavy atom. The van der Waals surface area contributed by atoms with Gasteiger partial charge in [-0.05, 0) is 42.7 Å². The van der Waals surface area contributed by atoms with E-state index in [1.165, 1.54) is 11.8 Å². The van der Waals surface area contributed by atoms with Gasteiger partial charge in [0.25, 0.3) is 5.56 Å². The molecule has 2 heterocycles. The van der Waals surface area contributed by atoms with Crippen LogP contribution >= 0.6 is 11.8 Å². The van der Waals surface area contributed by atoms with Crippen molar-refractivity contribution in [3.05, 3.63) is 70.0 Å². The Hall–Kier alpha value is -2.64. The van der Waals surface area contributed by atoms with Crippen molar-refractivity contribution in [1.82, 2.24) is 9.55 Å². The maximum atomic E-state index is 13.1. The van der Waals surface area contributed by atoms with E-state index >= 15 is 0 Å². The molecule has 0 aliphatic carbocycles. The molecule has 1 fully saturated rings. The van der Waals surface area contributed by atoms with E-state index in [1.807, 2.05) is 30.3 Å². The van der Waals surface area contributed by atoms with Crippen molar-refractivity contribution in [1.29, 1.82) is 0 Å². The van der Waals surface area contributed by atoms with E-state index in [-0.39, 0.29) is 11.7 Å². The van der Waals surface area contributed by atoms with Gasteiger partial charge in [-0.1, -0.05) is 36.0 Å². The van der Waals surface area contributed by atoms with Gasteiger partial charge >= 0.3 is 0 Å². The molecule has 1 atom stereocenters. The second kappa shape index (κ2) is 8.16. The number of aromatic nitrogens is 2. The normalized spacial score (nSPS) is 16.5. The summed E-state index contributed by atoms with van der Waals surface area (Å²) in [6, 6.07) is 14.6. The number of hydrogen-bond donors (Lipinski definition) is 1. The molecule has 4 rings (SSSR count). The largest absolute Gasteiger partial charge is 0.376 e. The molecule has 1 aliphatic rings. The third kappa shape index (κ3) is 3.95. The van der Waals surface area contributed by atoms with Crippen LogP contribution in [0.4, 0.5) is 0 Å². The lowest BCUT2D eigenvalue weighted by Crippen LogP contribution is -2.28. The number of nitrogens with two attached hydrogens (primary N) is 1. The number of carbonyl (C=O) groups excluding carboxylic acids is 1. The number of para-hydroxylation sites is 1. The van der Waals surface area contributed by atoms with E-state index in [9.17, 15) is 9.59 Å². The summed E-state index contributed by atoms with van der Waals surface area (Å²) >= 11 is 1.48. The van der Waals surface area contributed by atoms with Crippen LogP contribution in [-0.4, -0.2) is 28.2 Å². The zero-order chi connectivity index (χ0) is 19.5. The molecule has 1 amide bonds. The highest BCUT2D eigenvalue weighted by Gasteiger charge is 2.20. The summed E-state index contributed by atoms with van der Waals surface area (Å²) in [6.45, 7) is 1.24. The topological polar surface area (TPSA) is 87.2 Å². The fourth-order valence-corrected chi connectivity index (χ4v) is 4.32. The zero-order valence-electron chi connectivity index (χ0n) is 15.3.